The van der Waals surface area contributed by atoms with Gasteiger partial charge in [0.05, 0.1) is 12.2 Å². The van der Waals surface area contributed by atoms with Crippen molar-refractivity contribution in [3.05, 3.63) is 136 Å². The largest absolute Gasteiger partial charge is 0.376 e. The molecule has 1 saturated heterocycles. The van der Waals surface area contributed by atoms with Gasteiger partial charge in [-0.1, -0.05) is 42.5 Å². The number of halogens is 3. The third kappa shape index (κ3) is 4.30. The Hall–Kier alpha value is -3.52. The van der Waals surface area contributed by atoms with Crippen molar-refractivity contribution in [2.75, 3.05) is 13.1 Å². The molecule has 0 aliphatic carbocycles. The highest BCUT2D eigenvalue weighted by Crippen LogP contribution is 2.44. The van der Waals surface area contributed by atoms with Crippen LogP contribution in [-0.4, -0.2) is 28.1 Å². The van der Waals surface area contributed by atoms with Crippen LogP contribution in [0.3, 0.4) is 0 Å². The van der Waals surface area contributed by atoms with Gasteiger partial charge in [0, 0.05) is 37.6 Å². The Bertz CT molecular complexity index is 1450. The van der Waals surface area contributed by atoms with Crippen LogP contribution in [0.2, 0.25) is 0 Å². The van der Waals surface area contributed by atoms with E-state index in [2.05, 4.69) is 9.88 Å². The van der Waals surface area contributed by atoms with E-state index in [0.717, 1.165) is 50.2 Å². The van der Waals surface area contributed by atoms with Crippen LogP contribution in [0.5, 0.6) is 0 Å². The molecule has 194 valence electrons. The maximum absolute atomic E-state index is 14.2. The Kier molecular flexibility index (Phi) is 6.30. The van der Waals surface area contributed by atoms with Gasteiger partial charge in [0.15, 0.2) is 11.6 Å². The molecule has 0 saturated carbocycles. The number of piperidine rings is 1. The molecule has 0 bridgehead atoms. The summed E-state index contributed by atoms with van der Waals surface area (Å²) >= 11 is 0. The number of nitrogens with zero attached hydrogens (tertiary/aromatic N) is 2. The molecule has 3 heterocycles. The van der Waals surface area contributed by atoms with Crippen molar-refractivity contribution in [3.8, 4) is 0 Å². The fraction of sp³-hybridized carbons (Fsp3) is 0.258. The summed E-state index contributed by atoms with van der Waals surface area (Å²) in [7, 11) is 0. The quantitative estimate of drug-likeness (QED) is 0.341. The van der Waals surface area contributed by atoms with E-state index in [1.165, 1.54) is 41.5 Å². The molecule has 6 rings (SSSR count). The van der Waals surface area contributed by atoms with Crippen LogP contribution in [0.1, 0.15) is 46.2 Å². The second-order valence-electron chi connectivity index (χ2n) is 10.1. The van der Waals surface area contributed by atoms with Gasteiger partial charge in [-0.2, -0.15) is 0 Å². The maximum Gasteiger partial charge on any atom is 0.159 e. The van der Waals surface area contributed by atoms with E-state index >= 15 is 0 Å². The van der Waals surface area contributed by atoms with E-state index in [0.29, 0.717) is 17.7 Å². The lowest BCUT2D eigenvalue weighted by Crippen LogP contribution is -2.42. The molecular formula is C31H27F3N2O2. The van der Waals surface area contributed by atoms with E-state index in [1.807, 2.05) is 30.6 Å². The van der Waals surface area contributed by atoms with Gasteiger partial charge in [0.2, 0.25) is 0 Å². The van der Waals surface area contributed by atoms with Gasteiger partial charge in [0.1, 0.15) is 11.4 Å². The number of benzene rings is 3. The molecule has 2 aliphatic rings. The lowest BCUT2D eigenvalue weighted by molar-refractivity contribution is -0.0800. The number of rotatable bonds is 5. The van der Waals surface area contributed by atoms with Crippen molar-refractivity contribution in [2.45, 2.75) is 37.2 Å². The van der Waals surface area contributed by atoms with E-state index in [-0.39, 0.29) is 11.2 Å². The van der Waals surface area contributed by atoms with Gasteiger partial charge in [-0.25, -0.2) is 13.2 Å². The predicted molar refractivity (Wildman–Crippen MR) is 137 cm³/mol. The fourth-order valence-corrected chi connectivity index (χ4v) is 5.76. The van der Waals surface area contributed by atoms with Gasteiger partial charge in [-0.05, 0) is 71.0 Å². The van der Waals surface area contributed by atoms with Crippen LogP contribution >= 0.6 is 0 Å². The third-order valence-corrected chi connectivity index (χ3v) is 7.95. The van der Waals surface area contributed by atoms with E-state index in [1.54, 1.807) is 12.1 Å². The zero-order valence-electron chi connectivity index (χ0n) is 20.7. The first-order valence-electron chi connectivity index (χ1n) is 12.7. The Morgan fingerprint density at radius 3 is 2.18 bits per heavy atom. The third-order valence-electron chi connectivity index (χ3n) is 7.95. The Morgan fingerprint density at radius 1 is 0.842 bits per heavy atom. The Morgan fingerprint density at radius 2 is 1.50 bits per heavy atom. The minimum atomic E-state index is -1.79. The summed E-state index contributed by atoms with van der Waals surface area (Å²) in [5, 5.41) is 11.9. The van der Waals surface area contributed by atoms with E-state index < -0.39 is 23.1 Å². The van der Waals surface area contributed by atoms with Crippen molar-refractivity contribution in [1.29, 1.82) is 0 Å². The van der Waals surface area contributed by atoms with Gasteiger partial charge >= 0.3 is 0 Å². The molecule has 1 aromatic heterocycles. The number of fused-ring (bicyclic) bond motifs is 2. The minimum absolute atomic E-state index is 0.156. The highest BCUT2D eigenvalue weighted by Gasteiger charge is 2.42. The normalized spacial score (nSPS) is 18.3. The van der Waals surface area contributed by atoms with Gasteiger partial charge < -0.3 is 9.84 Å². The monoisotopic (exact) mass is 516 g/mol. The molecular weight excluding hydrogens is 489 g/mol. The van der Waals surface area contributed by atoms with Crippen LogP contribution in [0.4, 0.5) is 13.2 Å². The van der Waals surface area contributed by atoms with Gasteiger partial charge in [-0.3, -0.25) is 9.88 Å². The smallest absolute Gasteiger partial charge is 0.159 e. The summed E-state index contributed by atoms with van der Waals surface area (Å²) < 4.78 is 47.7. The molecule has 1 unspecified atom stereocenters. The number of aromatic nitrogens is 1. The molecule has 0 radical (unpaired) electrons. The second kappa shape index (κ2) is 9.66. The van der Waals surface area contributed by atoms with Crippen LogP contribution in [0.25, 0.3) is 0 Å². The van der Waals surface area contributed by atoms with Crippen molar-refractivity contribution in [1.82, 2.24) is 9.88 Å². The predicted octanol–water partition coefficient (Wildman–Crippen LogP) is 5.80. The Labute approximate surface area is 219 Å². The fourth-order valence-electron chi connectivity index (χ4n) is 5.76. The zero-order chi connectivity index (χ0) is 26.3. The molecule has 3 aromatic carbocycles. The summed E-state index contributed by atoms with van der Waals surface area (Å²) in [6, 6.07) is 18.1. The molecule has 1 atom stereocenters. The van der Waals surface area contributed by atoms with Gasteiger partial charge in [0.25, 0.3) is 0 Å². The number of pyridine rings is 1. The SMILES string of the molecule is OC(c1ccc(F)cc1)(c1ccc(CN2CCC3(CC2)OCc2ccncc23)cc1)c1ccc(F)c(F)c1. The summed E-state index contributed by atoms with van der Waals surface area (Å²) in [4.78, 5) is 6.68. The lowest BCUT2D eigenvalue weighted by Gasteiger charge is -2.39. The minimum Gasteiger partial charge on any atom is -0.376 e. The van der Waals surface area contributed by atoms with E-state index in [9.17, 15) is 18.3 Å². The number of hydrogen-bond donors (Lipinski definition) is 1. The highest BCUT2D eigenvalue weighted by molar-refractivity contribution is 5.47. The van der Waals surface area contributed by atoms with Crippen molar-refractivity contribution in [2.24, 2.45) is 0 Å². The van der Waals surface area contributed by atoms with Crippen LogP contribution in [-0.2, 0) is 29.1 Å². The maximum atomic E-state index is 14.2. The first-order chi connectivity index (χ1) is 18.4. The lowest BCUT2D eigenvalue weighted by atomic mass is 9.80. The average Bonchev–Trinajstić information content (AvgIpc) is 3.30. The van der Waals surface area contributed by atoms with Gasteiger partial charge in [-0.15, -0.1) is 0 Å². The Balaban J connectivity index is 1.22. The van der Waals surface area contributed by atoms with Crippen molar-refractivity contribution >= 4 is 0 Å². The number of likely N-dealkylation sites (tertiary alicyclic amines) is 1. The number of hydrogen-bond acceptors (Lipinski definition) is 4. The summed E-state index contributed by atoms with van der Waals surface area (Å²) in [6.45, 7) is 3.12. The first-order valence-corrected chi connectivity index (χ1v) is 12.7. The zero-order valence-corrected chi connectivity index (χ0v) is 20.7. The molecule has 4 aromatic rings. The second-order valence-corrected chi connectivity index (χ2v) is 10.1. The molecule has 2 aliphatic heterocycles. The summed E-state index contributed by atoms with van der Waals surface area (Å²) in [5.74, 6) is -2.52. The first kappa shape index (κ1) is 24.8. The number of ether oxygens (including phenoxy) is 1. The van der Waals surface area contributed by atoms with Crippen LogP contribution in [0, 0.1) is 17.5 Å². The molecule has 1 N–H and O–H groups in total. The standard InChI is InChI=1S/C31H27F3N2O2/c32-26-8-5-24(6-9-26)31(37,25-7-10-28(33)29(34)17-25)23-3-1-21(2-4-23)19-36-15-12-30(13-16-36)27-18-35-14-11-22(27)20-38-30/h1-11,14,17-18,37H,12-13,15-16,19-20H2. The summed E-state index contributed by atoms with van der Waals surface area (Å²) in [5.41, 5.74) is 2.43. The molecule has 7 heteroatoms. The molecule has 1 spiro atoms. The molecule has 4 nitrogen and oxygen atoms in total. The van der Waals surface area contributed by atoms with Crippen molar-refractivity contribution in [3.63, 3.8) is 0 Å². The topological polar surface area (TPSA) is 45.6 Å². The van der Waals surface area contributed by atoms with E-state index in [4.69, 9.17) is 4.74 Å². The molecule has 0 amide bonds. The van der Waals surface area contributed by atoms with Crippen molar-refractivity contribution < 1.29 is 23.0 Å². The highest BCUT2D eigenvalue weighted by atomic mass is 19.2. The molecule has 1 fully saturated rings. The molecule has 38 heavy (non-hydrogen) atoms. The number of aliphatic hydroxyl groups is 1. The van der Waals surface area contributed by atoms with Crippen LogP contribution in [0.15, 0.2) is 85.2 Å². The van der Waals surface area contributed by atoms with Crippen LogP contribution < -0.4 is 0 Å². The summed E-state index contributed by atoms with van der Waals surface area (Å²) in [6.07, 6.45) is 5.53. The average molecular weight is 517 g/mol.